The fourth-order valence-corrected chi connectivity index (χ4v) is 2.77. The molecule has 0 aromatic heterocycles. The van der Waals surface area contributed by atoms with Crippen LogP contribution in [0.25, 0.3) is 0 Å². The summed E-state index contributed by atoms with van der Waals surface area (Å²) in [6.07, 6.45) is 5.05. The van der Waals surface area contributed by atoms with E-state index in [1.54, 1.807) is 6.08 Å². The van der Waals surface area contributed by atoms with Crippen molar-refractivity contribution in [2.24, 2.45) is 0 Å². The third kappa shape index (κ3) is 7.16. The number of nitrogens with zero attached hydrogens (tertiary/aromatic N) is 1. The van der Waals surface area contributed by atoms with Crippen LogP contribution in [0.4, 0.5) is 0 Å². The Hall–Kier alpha value is -2.07. The number of carbonyl (C=O) groups is 3. The molecule has 0 bridgehead atoms. The predicted octanol–water partition coefficient (Wildman–Crippen LogP) is 0.543. The fraction of sp³-hybridized carbons (Fsp3) is 0.632. The number of carboxylic acids is 1. The van der Waals surface area contributed by atoms with E-state index in [4.69, 9.17) is 24.1 Å². The number of imide groups is 1. The van der Waals surface area contributed by atoms with Crippen LogP contribution in [0.15, 0.2) is 23.3 Å². The van der Waals surface area contributed by atoms with Crippen LogP contribution in [0.5, 0.6) is 0 Å². The van der Waals surface area contributed by atoms with Crippen molar-refractivity contribution >= 4 is 17.8 Å². The van der Waals surface area contributed by atoms with Crippen molar-refractivity contribution in [2.45, 2.75) is 19.3 Å². The van der Waals surface area contributed by atoms with Crippen molar-refractivity contribution in [3.8, 4) is 0 Å². The van der Waals surface area contributed by atoms with Gasteiger partial charge in [0.25, 0.3) is 11.8 Å². The zero-order valence-electron chi connectivity index (χ0n) is 15.9. The monoisotopic (exact) mass is 397 g/mol. The predicted molar refractivity (Wildman–Crippen MR) is 97.6 cm³/mol. The molecule has 0 atom stereocenters. The molecule has 1 aliphatic carbocycles. The number of hydrogen-bond acceptors (Lipinski definition) is 7. The summed E-state index contributed by atoms with van der Waals surface area (Å²) in [5, 5.41) is 8.44. The van der Waals surface area contributed by atoms with Gasteiger partial charge in [0.15, 0.2) is 0 Å². The van der Waals surface area contributed by atoms with Gasteiger partial charge < -0.3 is 24.1 Å². The number of aliphatic carboxylic acids is 1. The van der Waals surface area contributed by atoms with Gasteiger partial charge in [-0.25, -0.2) is 0 Å². The average molecular weight is 397 g/mol. The van der Waals surface area contributed by atoms with Gasteiger partial charge in [-0.2, -0.15) is 0 Å². The van der Waals surface area contributed by atoms with Gasteiger partial charge in [-0.15, -0.1) is 0 Å². The number of rotatable bonds is 15. The van der Waals surface area contributed by atoms with E-state index in [1.165, 1.54) is 4.90 Å². The first kappa shape index (κ1) is 22.2. The van der Waals surface area contributed by atoms with Crippen LogP contribution in [-0.4, -0.2) is 87.2 Å². The summed E-state index contributed by atoms with van der Waals surface area (Å²) >= 11 is 0. The highest BCUT2D eigenvalue weighted by Gasteiger charge is 2.36. The first-order chi connectivity index (χ1) is 13.6. The Labute approximate surface area is 163 Å². The van der Waals surface area contributed by atoms with Crippen LogP contribution in [0.3, 0.4) is 0 Å². The third-order valence-corrected chi connectivity index (χ3v) is 4.19. The zero-order valence-corrected chi connectivity index (χ0v) is 15.9. The Morgan fingerprint density at radius 3 is 2.04 bits per heavy atom. The molecule has 28 heavy (non-hydrogen) atoms. The van der Waals surface area contributed by atoms with E-state index >= 15 is 0 Å². The molecule has 0 fully saturated rings. The number of hydrogen-bond donors (Lipinski definition) is 1. The largest absolute Gasteiger partial charge is 0.481 e. The number of carbonyl (C=O) groups excluding carboxylic acids is 2. The first-order valence-electron chi connectivity index (χ1n) is 9.40. The highest BCUT2D eigenvalue weighted by atomic mass is 16.6. The Morgan fingerprint density at radius 1 is 0.893 bits per heavy atom. The number of ether oxygens (including phenoxy) is 4. The smallest absolute Gasteiger partial charge is 0.305 e. The molecule has 0 saturated heterocycles. The van der Waals surface area contributed by atoms with Gasteiger partial charge in [0.2, 0.25) is 0 Å². The summed E-state index contributed by atoms with van der Waals surface area (Å²) in [6.45, 7) is 2.98. The Balaban J connectivity index is 1.40. The van der Waals surface area contributed by atoms with E-state index in [9.17, 15) is 14.4 Å². The van der Waals surface area contributed by atoms with E-state index in [1.807, 2.05) is 6.08 Å². The fourth-order valence-electron chi connectivity index (χ4n) is 2.77. The highest BCUT2D eigenvalue weighted by molar-refractivity contribution is 6.20. The lowest BCUT2D eigenvalue weighted by Crippen LogP contribution is -2.34. The molecular weight excluding hydrogens is 370 g/mol. The van der Waals surface area contributed by atoms with Gasteiger partial charge in [-0.05, 0) is 12.8 Å². The van der Waals surface area contributed by atoms with Crippen molar-refractivity contribution in [3.63, 3.8) is 0 Å². The van der Waals surface area contributed by atoms with Gasteiger partial charge in [0, 0.05) is 11.1 Å². The van der Waals surface area contributed by atoms with Crippen LogP contribution in [0.1, 0.15) is 19.3 Å². The SMILES string of the molecule is O=C(O)CCOCCOCCOCCOCCN1C(=O)C2=C(CCC=C2)C1=O. The summed E-state index contributed by atoms with van der Waals surface area (Å²) < 4.78 is 21.1. The lowest BCUT2D eigenvalue weighted by atomic mass is 10.00. The summed E-state index contributed by atoms with van der Waals surface area (Å²) in [5.74, 6) is -1.32. The molecule has 0 aromatic carbocycles. The van der Waals surface area contributed by atoms with Crippen molar-refractivity contribution in [1.29, 1.82) is 0 Å². The van der Waals surface area contributed by atoms with E-state index in [2.05, 4.69) is 0 Å². The lowest BCUT2D eigenvalue weighted by molar-refractivity contribution is -0.139. The molecule has 0 spiro atoms. The number of allylic oxidation sites excluding steroid dienone is 1. The second-order valence-electron chi connectivity index (χ2n) is 6.19. The maximum atomic E-state index is 12.2. The summed E-state index contributed by atoms with van der Waals surface area (Å²) in [7, 11) is 0. The van der Waals surface area contributed by atoms with E-state index < -0.39 is 5.97 Å². The molecule has 9 nitrogen and oxygen atoms in total. The molecule has 0 radical (unpaired) electrons. The molecule has 2 amide bonds. The Morgan fingerprint density at radius 2 is 1.46 bits per heavy atom. The highest BCUT2D eigenvalue weighted by Crippen LogP contribution is 2.28. The molecule has 0 aromatic rings. The van der Waals surface area contributed by atoms with Gasteiger partial charge in [0.1, 0.15) is 0 Å². The van der Waals surface area contributed by atoms with Crippen LogP contribution in [0, 0.1) is 0 Å². The van der Waals surface area contributed by atoms with Crippen LogP contribution in [0.2, 0.25) is 0 Å². The van der Waals surface area contributed by atoms with Gasteiger partial charge in [-0.1, -0.05) is 12.2 Å². The molecule has 2 rings (SSSR count). The quantitative estimate of drug-likeness (QED) is 0.315. The summed E-state index contributed by atoms with van der Waals surface area (Å²) in [6, 6.07) is 0. The Bertz CT molecular complexity index is 613. The van der Waals surface area contributed by atoms with Gasteiger partial charge in [0.05, 0.1) is 65.8 Å². The molecule has 0 unspecified atom stereocenters. The minimum absolute atomic E-state index is 0.0148. The zero-order chi connectivity index (χ0) is 20.2. The van der Waals surface area contributed by atoms with Crippen molar-refractivity contribution in [3.05, 3.63) is 23.3 Å². The minimum atomic E-state index is -0.886. The summed E-state index contributed by atoms with van der Waals surface area (Å²) in [4.78, 5) is 35.9. The first-order valence-corrected chi connectivity index (χ1v) is 9.40. The van der Waals surface area contributed by atoms with E-state index in [0.29, 0.717) is 57.2 Å². The van der Waals surface area contributed by atoms with Crippen LogP contribution < -0.4 is 0 Å². The van der Waals surface area contributed by atoms with Crippen LogP contribution in [-0.2, 0) is 33.3 Å². The van der Waals surface area contributed by atoms with Crippen LogP contribution >= 0.6 is 0 Å². The molecule has 156 valence electrons. The maximum absolute atomic E-state index is 12.2. The minimum Gasteiger partial charge on any atom is -0.481 e. The molecule has 2 aliphatic rings. The van der Waals surface area contributed by atoms with E-state index in [-0.39, 0.29) is 38.0 Å². The topological polar surface area (TPSA) is 112 Å². The second-order valence-corrected chi connectivity index (χ2v) is 6.19. The lowest BCUT2D eigenvalue weighted by Gasteiger charge is -2.15. The van der Waals surface area contributed by atoms with Crippen molar-refractivity contribution in [1.82, 2.24) is 4.90 Å². The molecule has 0 saturated carbocycles. The standard InChI is InChI=1S/C19H27NO8/c21-17(22)5-7-25-9-11-27-13-14-28-12-10-26-8-6-20-18(23)15-3-1-2-4-16(15)19(20)24/h1,3H,2,4-14H2,(H,21,22). The number of carboxylic acid groups (broad SMARTS) is 1. The Kier molecular flexibility index (Phi) is 9.84. The molecule has 1 aliphatic heterocycles. The normalized spacial score (nSPS) is 16.2. The molecule has 1 N–H and O–H groups in total. The average Bonchev–Trinajstić information content (AvgIpc) is 2.93. The van der Waals surface area contributed by atoms with Crippen molar-refractivity contribution in [2.75, 3.05) is 59.4 Å². The molecule has 9 heteroatoms. The summed E-state index contributed by atoms with van der Waals surface area (Å²) in [5.41, 5.74) is 1.13. The second kappa shape index (κ2) is 12.4. The molecule has 1 heterocycles. The maximum Gasteiger partial charge on any atom is 0.305 e. The number of amides is 2. The van der Waals surface area contributed by atoms with Crippen molar-refractivity contribution < 1.29 is 38.4 Å². The molecular formula is C19H27NO8. The third-order valence-electron chi connectivity index (χ3n) is 4.19. The van der Waals surface area contributed by atoms with Gasteiger partial charge in [-0.3, -0.25) is 19.3 Å². The van der Waals surface area contributed by atoms with E-state index in [0.717, 1.165) is 6.42 Å². The van der Waals surface area contributed by atoms with Gasteiger partial charge >= 0.3 is 5.97 Å².